The van der Waals surface area contributed by atoms with Crippen molar-refractivity contribution in [1.82, 2.24) is 8.52 Å². The van der Waals surface area contributed by atoms with E-state index >= 15 is 0 Å². The number of nitrogens with zero attached hydrogens (tertiary/aromatic N) is 2. The molecule has 7 heteroatoms. The quantitative estimate of drug-likeness (QED) is 0.744. The molecule has 0 N–H and O–H groups in total. The largest absolute Gasteiger partial charge is 0.346 e. The van der Waals surface area contributed by atoms with Crippen LogP contribution < -0.4 is 10.6 Å². The van der Waals surface area contributed by atoms with Gasteiger partial charge in [0.15, 0.2) is 0 Å². The lowest BCUT2D eigenvalue weighted by molar-refractivity contribution is 0.625. The number of halogens is 2. The Balaban J connectivity index is 2.00. The highest BCUT2D eigenvalue weighted by molar-refractivity contribution is 7.03. The summed E-state index contributed by atoms with van der Waals surface area (Å²) in [6, 6.07) is 10.9. The Hall–Kier alpha value is -2.54. The topological polar surface area (TPSA) is 44.0 Å². The lowest BCUT2D eigenvalue weighted by Crippen LogP contribution is -2.28. The van der Waals surface area contributed by atoms with Gasteiger partial charge in [-0.3, -0.25) is 4.79 Å². The molecular weight excluding hydrogens is 310 g/mol. The van der Waals surface area contributed by atoms with Gasteiger partial charge in [0.2, 0.25) is 0 Å². The Morgan fingerprint density at radius 2 is 1.41 bits per heavy atom. The Bertz CT molecular complexity index is 908. The fourth-order valence-electron chi connectivity index (χ4n) is 2.00. The summed E-state index contributed by atoms with van der Waals surface area (Å²) in [5.74, 6) is -0.806. The summed E-state index contributed by atoms with van der Waals surface area (Å²) in [5, 5.41) is 0. The van der Waals surface area contributed by atoms with E-state index in [0.29, 0.717) is 11.3 Å². The first-order chi connectivity index (χ1) is 10.5. The molecule has 0 bridgehead atoms. The summed E-state index contributed by atoms with van der Waals surface area (Å²) in [5.41, 5.74) is 0.557. The second-order valence-electron chi connectivity index (χ2n) is 4.62. The minimum atomic E-state index is -0.508. The van der Waals surface area contributed by atoms with Crippen molar-refractivity contribution in [2.24, 2.45) is 0 Å². The van der Waals surface area contributed by atoms with Crippen molar-refractivity contribution in [1.29, 1.82) is 0 Å². The second kappa shape index (κ2) is 5.69. The Morgan fingerprint density at radius 3 is 2.00 bits per heavy atom. The van der Waals surface area contributed by atoms with Crippen LogP contribution in [0.5, 0.6) is 0 Å². The van der Waals surface area contributed by atoms with Gasteiger partial charge in [-0.15, -0.1) is 0 Å². The number of rotatable bonds is 3. The Morgan fingerprint density at radius 1 is 0.864 bits per heavy atom. The maximum Gasteiger partial charge on any atom is 0.346 e. The maximum atomic E-state index is 12.9. The minimum Gasteiger partial charge on any atom is -0.255 e. The molecule has 0 fully saturated rings. The maximum absolute atomic E-state index is 12.9. The monoisotopic (exact) mass is 320 g/mol. The van der Waals surface area contributed by atoms with Crippen LogP contribution in [0, 0.1) is 11.6 Å². The highest BCUT2D eigenvalue weighted by atomic mass is 32.1. The van der Waals surface area contributed by atoms with E-state index in [0.717, 1.165) is 16.1 Å². The number of benzene rings is 2. The Kier molecular flexibility index (Phi) is 3.72. The molecule has 0 saturated heterocycles. The molecule has 0 radical (unpaired) electrons. The van der Waals surface area contributed by atoms with Crippen molar-refractivity contribution in [3.05, 3.63) is 85.9 Å². The van der Waals surface area contributed by atoms with Crippen molar-refractivity contribution >= 4 is 11.5 Å². The van der Waals surface area contributed by atoms with Gasteiger partial charge in [-0.25, -0.2) is 22.1 Å². The molecule has 112 valence electrons. The average molecular weight is 320 g/mol. The zero-order valence-corrected chi connectivity index (χ0v) is 12.0. The molecule has 0 atom stereocenters. The summed E-state index contributed by atoms with van der Waals surface area (Å²) in [6.45, 7) is 0.0582. The zero-order valence-electron chi connectivity index (χ0n) is 11.2. The van der Waals surface area contributed by atoms with Gasteiger partial charge in [0.1, 0.15) is 11.6 Å². The molecule has 0 aliphatic heterocycles. The lowest BCUT2D eigenvalue weighted by atomic mass is 10.2. The summed E-state index contributed by atoms with van der Waals surface area (Å²) in [7, 11) is 0. The van der Waals surface area contributed by atoms with Crippen molar-refractivity contribution in [3.8, 4) is 5.69 Å². The van der Waals surface area contributed by atoms with Crippen molar-refractivity contribution in [2.75, 3.05) is 0 Å². The molecule has 3 rings (SSSR count). The third-order valence-electron chi connectivity index (χ3n) is 3.11. The van der Waals surface area contributed by atoms with E-state index in [4.69, 9.17) is 0 Å². The lowest BCUT2D eigenvalue weighted by Gasteiger charge is -2.01. The van der Waals surface area contributed by atoms with E-state index in [9.17, 15) is 18.4 Å². The normalized spacial score (nSPS) is 10.8. The van der Waals surface area contributed by atoms with E-state index < -0.39 is 16.4 Å². The average Bonchev–Trinajstić information content (AvgIpc) is 2.78. The zero-order chi connectivity index (χ0) is 15.7. The first-order valence-corrected chi connectivity index (χ1v) is 7.15. The van der Waals surface area contributed by atoms with Gasteiger partial charge in [0.05, 0.1) is 12.2 Å². The van der Waals surface area contributed by atoms with Gasteiger partial charge in [0, 0.05) is 11.5 Å². The molecule has 0 saturated carbocycles. The van der Waals surface area contributed by atoms with Crippen LogP contribution in [0.25, 0.3) is 5.69 Å². The fraction of sp³-hybridized carbons (Fsp3) is 0.0667. The van der Waals surface area contributed by atoms with Crippen molar-refractivity contribution in [2.45, 2.75) is 6.54 Å². The summed E-state index contributed by atoms with van der Waals surface area (Å²) in [4.78, 5) is 23.9. The van der Waals surface area contributed by atoms with Gasteiger partial charge >= 0.3 is 10.6 Å². The third-order valence-corrected chi connectivity index (χ3v) is 4.04. The molecule has 1 heterocycles. The molecule has 0 aliphatic rings. The van der Waals surface area contributed by atoms with Crippen LogP contribution in [0.3, 0.4) is 0 Å². The summed E-state index contributed by atoms with van der Waals surface area (Å²) in [6.07, 6.45) is 0. The summed E-state index contributed by atoms with van der Waals surface area (Å²) >= 11 is 0.737. The number of hydrogen-bond donors (Lipinski definition) is 0. The number of aromatic nitrogens is 2. The van der Waals surface area contributed by atoms with Crippen LogP contribution in [0.1, 0.15) is 5.56 Å². The first-order valence-electron chi connectivity index (χ1n) is 6.38. The van der Waals surface area contributed by atoms with Crippen LogP contribution in [-0.2, 0) is 6.54 Å². The molecule has 0 spiro atoms. The van der Waals surface area contributed by atoms with Gasteiger partial charge < -0.3 is 0 Å². The van der Waals surface area contributed by atoms with Crippen molar-refractivity contribution < 1.29 is 8.78 Å². The summed E-state index contributed by atoms with van der Waals surface area (Å²) < 4.78 is 28.1. The molecule has 22 heavy (non-hydrogen) atoms. The third kappa shape index (κ3) is 2.75. The van der Waals surface area contributed by atoms with Crippen LogP contribution in [0.15, 0.2) is 58.1 Å². The van der Waals surface area contributed by atoms with E-state index in [1.807, 2.05) is 0 Å². The molecule has 4 nitrogen and oxygen atoms in total. The van der Waals surface area contributed by atoms with Gasteiger partial charge in [0.25, 0.3) is 0 Å². The molecule has 0 unspecified atom stereocenters. The van der Waals surface area contributed by atoms with E-state index in [-0.39, 0.29) is 12.4 Å². The van der Waals surface area contributed by atoms with Crippen LogP contribution >= 0.6 is 11.5 Å². The highest BCUT2D eigenvalue weighted by Gasteiger charge is 2.12. The molecule has 1 aromatic heterocycles. The highest BCUT2D eigenvalue weighted by Crippen LogP contribution is 2.09. The van der Waals surface area contributed by atoms with Gasteiger partial charge in [-0.1, -0.05) is 12.1 Å². The minimum absolute atomic E-state index is 0.0582. The smallest absolute Gasteiger partial charge is 0.255 e. The fourth-order valence-corrected chi connectivity index (χ4v) is 2.80. The molecule has 0 aliphatic carbocycles. The SMILES string of the molecule is O=c1sn(-c2ccc(F)cc2)c(=O)n1Cc1ccc(F)cc1. The van der Waals surface area contributed by atoms with Gasteiger partial charge in [-0.05, 0) is 42.0 Å². The first kappa shape index (κ1) is 14.4. The van der Waals surface area contributed by atoms with E-state index in [1.54, 1.807) is 0 Å². The van der Waals surface area contributed by atoms with Crippen LogP contribution in [-0.4, -0.2) is 8.52 Å². The predicted octanol–water partition coefficient (Wildman–Crippen LogP) is 2.39. The molecule has 0 amide bonds. The van der Waals surface area contributed by atoms with E-state index in [2.05, 4.69) is 0 Å². The molecular formula is C15H10F2N2O2S. The van der Waals surface area contributed by atoms with Gasteiger partial charge in [-0.2, -0.15) is 0 Å². The predicted molar refractivity (Wildman–Crippen MR) is 79.6 cm³/mol. The molecule has 3 aromatic rings. The van der Waals surface area contributed by atoms with E-state index in [1.165, 1.54) is 52.5 Å². The van der Waals surface area contributed by atoms with Crippen LogP contribution in [0.4, 0.5) is 8.78 Å². The molecule has 2 aromatic carbocycles. The number of hydrogen-bond acceptors (Lipinski definition) is 3. The Labute approximate surface area is 127 Å². The van der Waals surface area contributed by atoms with Crippen molar-refractivity contribution in [3.63, 3.8) is 0 Å². The van der Waals surface area contributed by atoms with Crippen LogP contribution in [0.2, 0.25) is 0 Å². The standard InChI is InChI=1S/C15H10F2N2O2S/c16-11-3-1-10(2-4-11)9-18-14(20)19(22-15(18)21)13-7-5-12(17)6-8-13/h1-8H,9H2. The second-order valence-corrected chi connectivity index (χ2v) is 5.52.